The van der Waals surface area contributed by atoms with Crippen LogP contribution in [0.1, 0.15) is 30.6 Å². The first kappa shape index (κ1) is 20.9. The van der Waals surface area contributed by atoms with Gasteiger partial charge in [-0.15, -0.1) is 11.3 Å². The lowest BCUT2D eigenvalue weighted by molar-refractivity contribution is 0.0890. The highest BCUT2D eigenvalue weighted by Crippen LogP contribution is 2.30. The Balaban J connectivity index is 1.64. The summed E-state index contributed by atoms with van der Waals surface area (Å²) in [5.41, 5.74) is 3.53. The molecule has 31 heavy (non-hydrogen) atoms. The maximum Gasteiger partial charge on any atom is 0.262 e. The fraction of sp³-hybridized carbons (Fsp3) is 0.250. The lowest BCUT2D eigenvalue weighted by Gasteiger charge is -2.09. The number of aromatic nitrogens is 3. The van der Waals surface area contributed by atoms with Crippen molar-refractivity contribution in [2.75, 3.05) is 0 Å². The van der Waals surface area contributed by atoms with Crippen LogP contribution in [0.3, 0.4) is 0 Å². The summed E-state index contributed by atoms with van der Waals surface area (Å²) in [6.45, 7) is 6.22. The highest BCUT2D eigenvalue weighted by atomic mass is 32.1. The van der Waals surface area contributed by atoms with Crippen LogP contribution in [0, 0.1) is 6.92 Å². The van der Waals surface area contributed by atoms with E-state index in [4.69, 9.17) is 0 Å². The molecule has 0 atom stereocenters. The standard InChI is InChI=1S/C24H24N4O2S/c1-16(2)26-20-6-4-5-12-28(20)21(29)11-13-27-15-25-23-22(24(27)30)19(14-31-23)18-9-7-17(3)8-10-18/h4-10,12,14-16H,11,13H2,1-3H3. The van der Waals surface area contributed by atoms with Crippen molar-refractivity contribution in [2.45, 2.75) is 39.8 Å². The van der Waals surface area contributed by atoms with Gasteiger partial charge in [0.15, 0.2) is 0 Å². The quantitative estimate of drug-likeness (QED) is 0.473. The molecule has 1 aromatic carbocycles. The van der Waals surface area contributed by atoms with E-state index in [9.17, 15) is 9.59 Å². The molecular formula is C24H24N4O2S. The average molecular weight is 433 g/mol. The maximum absolute atomic E-state index is 13.2. The summed E-state index contributed by atoms with van der Waals surface area (Å²) >= 11 is 1.46. The molecule has 0 aliphatic heterocycles. The molecular weight excluding hydrogens is 408 g/mol. The van der Waals surface area contributed by atoms with E-state index >= 15 is 0 Å². The molecule has 4 aromatic rings. The van der Waals surface area contributed by atoms with Crippen molar-refractivity contribution >= 4 is 27.5 Å². The maximum atomic E-state index is 13.2. The average Bonchev–Trinajstić information content (AvgIpc) is 3.18. The summed E-state index contributed by atoms with van der Waals surface area (Å²) in [7, 11) is 0. The summed E-state index contributed by atoms with van der Waals surface area (Å²) in [4.78, 5) is 35.7. The minimum absolute atomic E-state index is 0.0782. The highest BCUT2D eigenvalue weighted by Gasteiger charge is 2.14. The fourth-order valence-corrected chi connectivity index (χ4v) is 4.33. The van der Waals surface area contributed by atoms with Crippen molar-refractivity contribution in [3.05, 3.63) is 81.8 Å². The molecule has 0 radical (unpaired) electrons. The molecule has 0 fully saturated rings. The van der Waals surface area contributed by atoms with Crippen molar-refractivity contribution < 1.29 is 4.79 Å². The first-order valence-electron chi connectivity index (χ1n) is 10.2. The second-order valence-corrected chi connectivity index (χ2v) is 8.59. The van der Waals surface area contributed by atoms with Gasteiger partial charge in [-0.05, 0) is 38.5 Å². The van der Waals surface area contributed by atoms with Crippen LogP contribution in [0.15, 0.2) is 70.2 Å². The number of nitrogens with zero attached hydrogens (tertiary/aromatic N) is 4. The molecule has 3 heterocycles. The molecule has 4 rings (SSSR count). The molecule has 0 aliphatic carbocycles. The molecule has 0 spiro atoms. The largest absolute Gasteiger partial charge is 0.298 e. The number of fused-ring (bicyclic) bond motifs is 1. The number of rotatable bonds is 5. The molecule has 0 unspecified atom stereocenters. The molecule has 0 aliphatic rings. The van der Waals surface area contributed by atoms with Crippen LogP contribution >= 0.6 is 11.3 Å². The molecule has 0 saturated carbocycles. The molecule has 0 bridgehead atoms. The molecule has 7 heteroatoms. The Kier molecular flexibility index (Phi) is 5.95. The third-order valence-corrected chi connectivity index (χ3v) is 5.87. The minimum atomic E-state index is -0.125. The van der Waals surface area contributed by atoms with E-state index in [2.05, 4.69) is 9.98 Å². The van der Waals surface area contributed by atoms with Gasteiger partial charge in [0, 0.05) is 36.1 Å². The summed E-state index contributed by atoms with van der Waals surface area (Å²) in [6.07, 6.45) is 3.41. The summed E-state index contributed by atoms with van der Waals surface area (Å²) < 4.78 is 3.06. The zero-order valence-corrected chi connectivity index (χ0v) is 18.6. The zero-order valence-electron chi connectivity index (χ0n) is 17.8. The van der Waals surface area contributed by atoms with Gasteiger partial charge in [0.25, 0.3) is 5.56 Å². The number of benzene rings is 1. The van der Waals surface area contributed by atoms with E-state index in [0.29, 0.717) is 15.7 Å². The van der Waals surface area contributed by atoms with E-state index in [-0.39, 0.29) is 30.5 Å². The van der Waals surface area contributed by atoms with Gasteiger partial charge in [0.1, 0.15) is 10.3 Å². The van der Waals surface area contributed by atoms with Crippen LogP contribution in [-0.4, -0.2) is 26.1 Å². The van der Waals surface area contributed by atoms with Gasteiger partial charge >= 0.3 is 0 Å². The van der Waals surface area contributed by atoms with E-state index < -0.39 is 0 Å². The van der Waals surface area contributed by atoms with Gasteiger partial charge in [0.2, 0.25) is 5.91 Å². The summed E-state index contributed by atoms with van der Waals surface area (Å²) in [5.74, 6) is -0.115. The van der Waals surface area contributed by atoms with E-state index in [1.165, 1.54) is 27.8 Å². The number of aryl methyl sites for hydroxylation is 2. The summed E-state index contributed by atoms with van der Waals surface area (Å²) in [5, 5.41) is 2.57. The van der Waals surface area contributed by atoms with Gasteiger partial charge in [0.05, 0.1) is 11.7 Å². The number of carbonyl (C=O) groups excluding carboxylic acids is 1. The van der Waals surface area contributed by atoms with E-state index in [0.717, 1.165) is 11.1 Å². The van der Waals surface area contributed by atoms with Gasteiger partial charge in [-0.2, -0.15) is 0 Å². The van der Waals surface area contributed by atoms with Crippen molar-refractivity contribution in [2.24, 2.45) is 4.99 Å². The van der Waals surface area contributed by atoms with Crippen molar-refractivity contribution in [3.8, 4) is 11.1 Å². The van der Waals surface area contributed by atoms with Crippen molar-refractivity contribution in [1.29, 1.82) is 0 Å². The molecule has 6 nitrogen and oxygen atoms in total. The smallest absolute Gasteiger partial charge is 0.262 e. The second-order valence-electron chi connectivity index (χ2n) is 7.73. The summed E-state index contributed by atoms with van der Waals surface area (Å²) in [6, 6.07) is 13.6. The lowest BCUT2D eigenvalue weighted by Crippen LogP contribution is -2.29. The monoisotopic (exact) mass is 432 g/mol. The second kappa shape index (κ2) is 8.81. The Labute approximate surface area is 184 Å². The van der Waals surface area contributed by atoms with Crippen molar-refractivity contribution in [3.63, 3.8) is 0 Å². The van der Waals surface area contributed by atoms with Crippen LogP contribution in [0.2, 0.25) is 0 Å². The predicted octanol–water partition coefficient (Wildman–Crippen LogP) is 4.27. The number of hydrogen-bond donors (Lipinski definition) is 0. The SMILES string of the molecule is Cc1ccc(-c2csc3ncn(CCC(=O)n4ccccc4=NC(C)C)c(=O)c23)cc1. The van der Waals surface area contributed by atoms with Crippen LogP contribution in [0.25, 0.3) is 21.3 Å². The van der Waals surface area contributed by atoms with Gasteiger partial charge in [-0.3, -0.25) is 23.7 Å². The zero-order chi connectivity index (χ0) is 22.0. The molecule has 3 aromatic heterocycles. The van der Waals surface area contributed by atoms with E-state index in [1.807, 2.05) is 62.5 Å². The van der Waals surface area contributed by atoms with E-state index in [1.54, 1.807) is 16.8 Å². The Morgan fingerprint density at radius 3 is 2.68 bits per heavy atom. The number of pyridine rings is 1. The predicted molar refractivity (Wildman–Crippen MR) is 124 cm³/mol. The van der Waals surface area contributed by atoms with Crippen LogP contribution in [0.5, 0.6) is 0 Å². The van der Waals surface area contributed by atoms with Crippen LogP contribution in [-0.2, 0) is 6.54 Å². The molecule has 158 valence electrons. The molecule has 0 amide bonds. The Morgan fingerprint density at radius 2 is 1.94 bits per heavy atom. The lowest BCUT2D eigenvalue weighted by atomic mass is 10.1. The first-order chi connectivity index (χ1) is 14.9. The number of hydrogen-bond acceptors (Lipinski definition) is 5. The third kappa shape index (κ3) is 4.41. The Bertz CT molecular complexity index is 1360. The number of carbonyl (C=O) groups is 1. The van der Waals surface area contributed by atoms with Crippen LogP contribution in [0.4, 0.5) is 0 Å². The third-order valence-electron chi connectivity index (χ3n) is 4.99. The van der Waals surface area contributed by atoms with Gasteiger partial charge in [-0.25, -0.2) is 4.98 Å². The topological polar surface area (TPSA) is 69.2 Å². The first-order valence-corrected chi connectivity index (χ1v) is 11.1. The Morgan fingerprint density at radius 1 is 1.16 bits per heavy atom. The molecule has 0 N–H and O–H groups in total. The molecule has 0 saturated heterocycles. The van der Waals surface area contributed by atoms with Crippen molar-refractivity contribution in [1.82, 2.24) is 14.1 Å². The Hall–Kier alpha value is -3.32. The minimum Gasteiger partial charge on any atom is -0.298 e. The number of thiophene rings is 1. The van der Waals surface area contributed by atoms with Gasteiger partial charge < -0.3 is 0 Å². The normalized spacial score (nSPS) is 12.1. The fourth-order valence-electron chi connectivity index (χ4n) is 3.42. The van der Waals surface area contributed by atoms with Crippen LogP contribution < -0.4 is 11.0 Å². The highest BCUT2D eigenvalue weighted by molar-refractivity contribution is 7.17. The van der Waals surface area contributed by atoms with Gasteiger partial charge in [-0.1, -0.05) is 35.9 Å².